The van der Waals surface area contributed by atoms with Crippen LogP contribution >= 0.6 is 0 Å². The van der Waals surface area contributed by atoms with Gasteiger partial charge in [0.25, 0.3) is 5.91 Å². The van der Waals surface area contributed by atoms with E-state index < -0.39 is 11.9 Å². The average Bonchev–Trinajstić information content (AvgIpc) is 2.86. The molecule has 0 spiro atoms. The van der Waals surface area contributed by atoms with Crippen LogP contribution in [0.1, 0.15) is 21.0 Å². The second kappa shape index (κ2) is 3.89. The third-order valence-electron chi connectivity index (χ3n) is 1.85. The molecule has 0 atom stereocenters. The van der Waals surface area contributed by atoms with Gasteiger partial charge >= 0.3 is 5.97 Å². The maximum Gasteiger partial charge on any atom is 0.356 e. The third kappa shape index (κ3) is 1.78. The number of carboxylic acid groups (broad SMARTS) is 1. The predicted octanol–water partition coefficient (Wildman–Crippen LogP) is 0.953. The van der Waals surface area contributed by atoms with Gasteiger partial charge in [0.15, 0.2) is 11.5 Å². The van der Waals surface area contributed by atoms with Gasteiger partial charge in [-0.25, -0.2) is 4.79 Å². The highest BCUT2D eigenvalue weighted by Gasteiger charge is 2.16. The largest absolute Gasteiger partial charge is 0.476 e. The van der Waals surface area contributed by atoms with E-state index >= 15 is 0 Å². The SMILES string of the molecule is O=C(Nc1cn[nH]c1C(=O)O)c1ccco1. The number of carboxylic acids is 1. The summed E-state index contributed by atoms with van der Waals surface area (Å²) in [6.07, 6.45) is 2.56. The quantitative estimate of drug-likeness (QED) is 0.715. The van der Waals surface area contributed by atoms with Crippen LogP contribution in [-0.4, -0.2) is 27.2 Å². The fourth-order valence-electron chi connectivity index (χ4n) is 1.14. The molecule has 0 radical (unpaired) electrons. The van der Waals surface area contributed by atoms with E-state index in [9.17, 15) is 9.59 Å². The number of aromatic amines is 1. The Morgan fingerprint density at radius 2 is 2.31 bits per heavy atom. The minimum absolute atomic E-state index is 0.0916. The number of hydrogen-bond donors (Lipinski definition) is 3. The van der Waals surface area contributed by atoms with Crippen LogP contribution in [0.5, 0.6) is 0 Å². The van der Waals surface area contributed by atoms with Crippen molar-refractivity contribution in [1.82, 2.24) is 10.2 Å². The van der Waals surface area contributed by atoms with Crippen molar-refractivity contribution in [3.8, 4) is 0 Å². The number of nitrogens with zero attached hydrogens (tertiary/aromatic N) is 1. The van der Waals surface area contributed by atoms with Crippen molar-refractivity contribution in [2.45, 2.75) is 0 Å². The summed E-state index contributed by atoms with van der Waals surface area (Å²) >= 11 is 0. The lowest BCUT2D eigenvalue weighted by Crippen LogP contribution is -2.13. The molecule has 0 aliphatic rings. The maximum atomic E-state index is 11.5. The number of H-pyrrole nitrogens is 1. The number of furan rings is 1. The first-order valence-corrected chi connectivity index (χ1v) is 4.30. The molecule has 82 valence electrons. The van der Waals surface area contributed by atoms with Crippen molar-refractivity contribution in [2.24, 2.45) is 0 Å². The highest BCUT2D eigenvalue weighted by Crippen LogP contribution is 2.13. The Morgan fingerprint density at radius 1 is 1.50 bits per heavy atom. The summed E-state index contributed by atoms with van der Waals surface area (Å²) in [6.45, 7) is 0. The van der Waals surface area contributed by atoms with Crippen molar-refractivity contribution < 1.29 is 19.1 Å². The monoisotopic (exact) mass is 221 g/mol. The molecule has 7 nitrogen and oxygen atoms in total. The fraction of sp³-hybridized carbons (Fsp3) is 0. The van der Waals surface area contributed by atoms with Crippen LogP contribution in [0.3, 0.4) is 0 Å². The minimum Gasteiger partial charge on any atom is -0.476 e. The average molecular weight is 221 g/mol. The van der Waals surface area contributed by atoms with E-state index in [-0.39, 0.29) is 17.1 Å². The Hall–Kier alpha value is -2.57. The van der Waals surface area contributed by atoms with E-state index in [4.69, 9.17) is 9.52 Å². The fourth-order valence-corrected chi connectivity index (χ4v) is 1.14. The second-order valence-corrected chi connectivity index (χ2v) is 2.90. The number of carbonyl (C=O) groups is 2. The summed E-state index contributed by atoms with van der Waals surface area (Å²) in [5, 5.41) is 16.9. The van der Waals surface area contributed by atoms with Gasteiger partial charge in [-0.3, -0.25) is 9.89 Å². The van der Waals surface area contributed by atoms with E-state index in [0.717, 1.165) is 0 Å². The standard InChI is InChI=1S/C9H7N3O4/c13-8(6-2-1-3-16-6)11-5-4-10-12-7(5)9(14)15/h1-4H,(H,10,12)(H,11,13)(H,14,15). The molecule has 7 heteroatoms. The maximum absolute atomic E-state index is 11.5. The Morgan fingerprint density at radius 3 is 2.94 bits per heavy atom. The summed E-state index contributed by atoms with van der Waals surface area (Å²) in [6, 6.07) is 3.03. The van der Waals surface area contributed by atoms with Crippen LogP contribution in [0.15, 0.2) is 29.0 Å². The number of aromatic nitrogens is 2. The topological polar surface area (TPSA) is 108 Å². The molecular formula is C9H7N3O4. The molecular weight excluding hydrogens is 214 g/mol. The molecule has 0 saturated heterocycles. The molecule has 0 unspecified atom stereocenters. The molecule has 2 rings (SSSR count). The molecule has 0 aromatic carbocycles. The summed E-state index contributed by atoms with van der Waals surface area (Å²) < 4.78 is 4.85. The van der Waals surface area contributed by atoms with Gasteiger partial charge in [-0.1, -0.05) is 0 Å². The zero-order valence-electron chi connectivity index (χ0n) is 7.93. The molecule has 0 aliphatic carbocycles. The normalized spacial score (nSPS) is 10.0. The second-order valence-electron chi connectivity index (χ2n) is 2.90. The Balaban J connectivity index is 2.18. The van der Waals surface area contributed by atoms with Crippen LogP contribution in [0.2, 0.25) is 0 Å². The summed E-state index contributed by atoms with van der Waals surface area (Å²) in [7, 11) is 0. The van der Waals surface area contributed by atoms with Gasteiger partial charge < -0.3 is 14.8 Å². The molecule has 0 saturated carbocycles. The number of amides is 1. The van der Waals surface area contributed by atoms with Gasteiger partial charge in [-0.2, -0.15) is 5.10 Å². The first-order valence-electron chi connectivity index (χ1n) is 4.30. The summed E-state index contributed by atoms with van der Waals surface area (Å²) in [5.41, 5.74) is -0.0891. The molecule has 1 amide bonds. The number of nitrogens with one attached hydrogen (secondary N) is 2. The van der Waals surface area contributed by atoms with Gasteiger partial charge in [-0.15, -0.1) is 0 Å². The van der Waals surface area contributed by atoms with Crippen LogP contribution in [0.25, 0.3) is 0 Å². The lowest BCUT2D eigenvalue weighted by atomic mass is 10.3. The van der Waals surface area contributed by atoms with E-state index in [0.29, 0.717) is 0 Å². The Bertz CT molecular complexity index is 515. The summed E-state index contributed by atoms with van der Waals surface area (Å²) in [4.78, 5) is 22.2. The molecule has 0 aliphatic heterocycles. The van der Waals surface area contributed by atoms with Gasteiger partial charge in [0, 0.05) is 0 Å². The lowest BCUT2D eigenvalue weighted by Gasteiger charge is -2.00. The minimum atomic E-state index is -1.20. The van der Waals surface area contributed by atoms with E-state index in [1.807, 2.05) is 0 Å². The predicted molar refractivity (Wildman–Crippen MR) is 52.2 cm³/mol. The molecule has 3 N–H and O–H groups in total. The Kier molecular flexibility index (Phi) is 2.42. The number of anilines is 1. The van der Waals surface area contributed by atoms with Crippen molar-refractivity contribution in [2.75, 3.05) is 5.32 Å². The van der Waals surface area contributed by atoms with E-state index in [1.165, 1.54) is 18.5 Å². The molecule has 2 aromatic rings. The van der Waals surface area contributed by atoms with Crippen LogP contribution in [0.4, 0.5) is 5.69 Å². The van der Waals surface area contributed by atoms with Crippen molar-refractivity contribution in [1.29, 1.82) is 0 Å². The van der Waals surface area contributed by atoms with E-state index in [2.05, 4.69) is 15.5 Å². The smallest absolute Gasteiger partial charge is 0.356 e. The molecule has 16 heavy (non-hydrogen) atoms. The third-order valence-corrected chi connectivity index (χ3v) is 1.85. The number of aromatic carboxylic acids is 1. The zero-order valence-corrected chi connectivity index (χ0v) is 7.93. The molecule has 0 bridgehead atoms. The van der Waals surface area contributed by atoms with Crippen molar-refractivity contribution in [3.63, 3.8) is 0 Å². The first kappa shape index (κ1) is 9.97. The van der Waals surface area contributed by atoms with Crippen molar-refractivity contribution in [3.05, 3.63) is 36.0 Å². The van der Waals surface area contributed by atoms with Gasteiger partial charge in [-0.05, 0) is 12.1 Å². The first-order chi connectivity index (χ1) is 7.68. The van der Waals surface area contributed by atoms with Gasteiger partial charge in [0.05, 0.1) is 18.1 Å². The highest BCUT2D eigenvalue weighted by molar-refractivity contribution is 6.05. The Labute approximate surface area is 89.1 Å². The number of rotatable bonds is 3. The van der Waals surface area contributed by atoms with Crippen LogP contribution < -0.4 is 5.32 Å². The van der Waals surface area contributed by atoms with E-state index in [1.54, 1.807) is 6.07 Å². The lowest BCUT2D eigenvalue weighted by molar-refractivity contribution is 0.0691. The molecule has 2 aromatic heterocycles. The van der Waals surface area contributed by atoms with Crippen LogP contribution in [-0.2, 0) is 0 Å². The summed E-state index contributed by atoms with van der Waals surface area (Å²) in [5.74, 6) is -1.64. The zero-order chi connectivity index (χ0) is 11.5. The molecule has 2 heterocycles. The number of hydrogen-bond acceptors (Lipinski definition) is 4. The van der Waals surface area contributed by atoms with Crippen LogP contribution in [0, 0.1) is 0 Å². The van der Waals surface area contributed by atoms with Gasteiger partial charge in [0.2, 0.25) is 0 Å². The van der Waals surface area contributed by atoms with Crippen molar-refractivity contribution >= 4 is 17.6 Å². The molecule has 0 fully saturated rings. The van der Waals surface area contributed by atoms with Gasteiger partial charge in [0.1, 0.15) is 0 Å². The highest BCUT2D eigenvalue weighted by atomic mass is 16.4. The number of carbonyl (C=O) groups excluding carboxylic acids is 1.